The molecule has 134 valence electrons. The Hall–Kier alpha value is -2.99. The number of carbonyl (C=O) groups is 1. The molecule has 0 unspecified atom stereocenters. The molecular weight excluding hydrogens is 332 g/mol. The Morgan fingerprint density at radius 2 is 1.81 bits per heavy atom. The van der Waals surface area contributed by atoms with Crippen LogP contribution in [0.4, 0.5) is 0 Å². The first-order valence-corrected chi connectivity index (χ1v) is 8.34. The highest BCUT2D eigenvalue weighted by atomic mass is 16.5. The molecule has 0 aliphatic carbocycles. The third kappa shape index (κ3) is 2.99. The van der Waals surface area contributed by atoms with Gasteiger partial charge in [0.2, 0.25) is 5.78 Å². The van der Waals surface area contributed by atoms with Crippen molar-refractivity contribution in [1.29, 1.82) is 0 Å². The maximum Gasteiger partial charge on any atom is 0.330 e. The van der Waals surface area contributed by atoms with Crippen LogP contribution in [0.5, 0.6) is 0 Å². The van der Waals surface area contributed by atoms with Crippen LogP contribution in [0.1, 0.15) is 41.4 Å². The van der Waals surface area contributed by atoms with Crippen LogP contribution in [0.25, 0.3) is 10.8 Å². The van der Waals surface area contributed by atoms with Gasteiger partial charge in [-0.1, -0.05) is 56.3 Å². The first-order valence-electron chi connectivity index (χ1n) is 8.34. The van der Waals surface area contributed by atoms with Crippen LogP contribution in [0.3, 0.4) is 0 Å². The summed E-state index contributed by atoms with van der Waals surface area (Å²) in [6.45, 7) is 3.50. The van der Waals surface area contributed by atoms with Crippen LogP contribution >= 0.6 is 0 Å². The first kappa shape index (κ1) is 17.8. The fourth-order valence-corrected chi connectivity index (χ4v) is 3.17. The Morgan fingerprint density at radius 3 is 2.50 bits per heavy atom. The Morgan fingerprint density at radius 1 is 1.12 bits per heavy atom. The molecule has 0 bridgehead atoms. The second-order valence-electron chi connectivity index (χ2n) is 6.38. The molecule has 3 aromatic rings. The normalized spacial score (nSPS) is 11.2. The van der Waals surface area contributed by atoms with Crippen LogP contribution < -0.4 is 11.2 Å². The molecule has 0 saturated heterocycles. The lowest BCUT2D eigenvalue weighted by molar-refractivity contribution is 0.0975. The van der Waals surface area contributed by atoms with Gasteiger partial charge in [-0.3, -0.25) is 19.1 Å². The van der Waals surface area contributed by atoms with E-state index < -0.39 is 11.2 Å². The van der Waals surface area contributed by atoms with E-state index in [4.69, 9.17) is 4.74 Å². The minimum absolute atomic E-state index is 0.0759. The lowest BCUT2D eigenvalue weighted by Crippen LogP contribution is -2.38. The number of carbonyl (C=O) groups excluding carboxylic acids is 1. The summed E-state index contributed by atoms with van der Waals surface area (Å²) in [7, 11) is 1.43. The number of hydrogen-bond acceptors (Lipinski definition) is 4. The summed E-state index contributed by atoms with van der Waals surface area (Å²) in [4.78, 5) is 40.4. The smallest absolute Gasteiger partial charge is 0.330 e. The zero-order valence-electron chi connectivity index (χ0n) is 14.9. The molecule has 0 atom stereocenters. The largest absolute Gasteiger partial charge is 0.364 e. The topological polar surface area (TPSA) is 81.2 Å². The maximum atomic E-state index is 13.4. The van der Waals surface area contributed by atoms with Crippen molar-refractivity contribution < 1.29 is 9.53 Å². The minimum Gasteiger partial charge on any atom is -0.364 e. The lowest BCUT2D eigenvalue weighted by Gasteiger charge is -2.17. The number of ketones is 1. The van der Waals surface area contributed by atoms with E-state index in [0.717, 1.165) is 10.8 Å². The van der Waals surface area contributed by atoms with Gasteiger partial charge in [0, 0.05) is 18.2 Å². The molecule has 0 fully saturated rings. The van der Waals surface area contributed by atoms with Gasteiger partial charge in [0.1, 0.15) is 12.4 Å². The second kappa shape index (κ2) is 7.09. The van der Waals surface area contributed by atoms with E-state index in [1.807, 2.05) is 44.2 Å². The van der Waals surface area contributed by atoms with E-state index in [2.05, 4.69) is 4.98 Å². The Balaban J connectivity index is 2.36. The molecule has 0 amide bonds. The van der Waals surface area contributed by atoms with Crippen molar-refractivity contribution in [2.24, 2.45) is 0 Å². The van der Waals surface area contributed by atoms with Crippen molar-refractivity contribution in [2.45, 2.75) is 26.5 Å². The fourth-order valence-electron chi connectivity index (χ4n) is 3.17. The summed E-state index contributed by atoms with van der Waals surface area (Å²) in [5.41, 5.74) is -0.405. The molecule has 26 heavy (non-hydrogen) atoms. The zero-order valence-corrected chi connectivity index (χ0v) is 14.9. The maximum absolute atomic E-state index is 13.4. The Labute approximate surface area is 150 Å². The van der Waals surface area contributed by atoms with Gasteiger partial charge in [-0.25, -0.2) is 4.79 Å². The van der Waals surface area contributed by atoms with Crippen molar-refractivity contribution >= 4 is 16.6 Å². The highest BCUT2D eigenvalue weighted by molar-refractivity contribution is 6.16. The van der Waals surface area contributed by atoms with Gasteiger partial charge in [0.15, 0.2) is 0 Å². The van der Waals surface area contributed by atoms with Crippen molar-refractivity contribution in [2.75, 3.05) is 7.11 Å². The van der Waals surface area contributed by atoms with Gasteiger partial charge in [-0.2, -0.15) is 0 Å². The standard InChI is InChI=1S/C20H20N2O4/c1-12(2)16-17(22(11-26-3)20(25)21-19(16)24)18(23)15-10-6-8-13-7-4-5-9-14(13)15/h4-10,12H,11H2,1-3H3,(H,21,24,25). The molecular formula is C20H20N2O4. The third-order valence-electron chi connectivity index (χ3n) is 4.32. The molecule has 3 rings (SSSR count). The molecule has 2 aromatic carbocycles. The van der Waals surface area contributed by atoms with Crippen molar-refractivity contribution in [3.05, 3.63) is 80.1 Å². The highest BCUT2D eigenvalue weighted by Crippen LogP contribution is 2.24. The number of fused-ring (bicyclic) bond motifs is 1. The third-order valence-corrected chi connectivity index (χ3v) is 4.32. The predicted octanol–water partition coefficient (Wildman–Crippen LogP) is 2.65. The number of aromatic nitrogens is 2. The molecule has 0 radical (unpaired) electrons. The second-order valence-corrected chi connectivity index (χ2v) is 6.38. The highest BCUT2D eigenvalue weighted by Gasteiger charge is 2.25. The van der Waals surface area contributed by atoms with Crippen molar-refractivity contribution in [1.82, 2.24) is 9.55 Å². The zero-order chi connectivity index (χ0) is 18.8. The number of aromatic amines is 1. The monoisotopic (exact) mass is 352 g/mol. The van der Waals surface area contributed by atoms with Gasteiger partial charge >= 0.3 is 5.69 Å². The number of nitrogens with zero attached hydrogens (tertiary/aromatic N) is 1. The number of rotatable bonds is 5. The number of methoxy groups -OCH3 is 1. The number of benzene rings is 2. The van der Waals surface area contributed by atoms with Crippen molar-refractivity contribution in [3.63, 3.8) is 0 Å². The molecule has 0 spiro atoms. The van der Waals surface area contributed by atoms with Crippen molar-refractivity contribution in [3.8, 4) is 0 Å². The average molecular weight is 352 g/mol. The Bertz CT molecular complexity index is 1090. The van der Waals surface area contributed by atoms with E-state index in [1.165, 1.54) is 11.7 Å². The molecule has 1 aromatic heterocycles. The molecule has 0 aliphatic rings. The summed E-state index contributed by atoms with van der Waals surface area (Å²) in [6, 6.07) is 12.9. The summed E-state index contributed by atoms with van der Waals surface area (Å²) in [6.07, 6.45) is 0. The average Bonchev–Trinajstić information content (AvgIpc) is 2.62. The molecule has 0 aliphatic heterocycles. The van der Waals surface area contributed by atoms with Gasteiger partial charge < -0.3 is 4.74 Å². The molecule has 0 saturated carbocycles. The summed E-state index contributed by atoms with van der Waals surface area (Å²) in [5.74, 6) is -0.609. The van der Waals surface area contributed by atoms with Crippen LogP contribution in [-0.4, -0.2) is 22.4 Å². The van der Waals surface area contributed by atoms with Gasteiger partial charge in [-0.05, 0) is 16.7 Å². The molecule has 6 heteroatoms. The first-order chi connectivity index (χ1) is 12.5. The number of H-pyrrole nitrogens is 1. The quantitative estimate of drug-likeness (QED) is 0.716. The molecule has 1 N–H and O–H groups in total. The van der Waals surface area contributed by atoms with Crippen LogP contribution in [0, 0.1) is 0 Å². The summed E-state index contributed by atoms with van der Waals surface area (Å²) >= 11 is 0. The number of hydrogen-bond donors (Lipinski definition) is 1. The lowest BCUT2D eigenvalue weighted by atomic mass is 9.94. The van der Waals surface area contributed by atoms with Crippen LogP contribution in [0.15, 0.2) is 52.1 Å². The number of ether oxygens (including phenoxy) is 1. The summed E-state index contributed by atoms with van der Waals surface area (Å²) < 4.78 is 6.27. The predicted molar refractivity (Wildman–Crippen MR) is 99.8 cm³/mol. The SMILES string of the molecule is COCn1c(C(=O)c2cccc3ccccc23)c(C(C)C)c(=O)[nH]c1=O. The van der Waals surface area contributed by atoms with Gasteiger partial charge in [0.25, 0.3) is 5.56 Å². The van der Waals surface area contributed by atoms with E-state index in [0.29, 0.717) is 5.56 Å². The number of nitrogens with one attached hydrogen (secondary N) is 1. The summed E-state index contributed by atoms with van der Waals surface area (Å²) in [5, 5.41) is 1.68. The van der Waals surface area contributed by atoms with E-state index in [9.17, 15) is 14.4 Å². The fraction of sp³-hybridized carbons (Fsp3) is 0.250. The minimum atomic E-state index is -0.662. The van der Waals surface area contributed by atoms with Crippen LogP contribution in [-0.2, 0) is 11.5 Å². The van der Waals surface area contributed by atoms with E-state index in [-0.39, 0.29) is 29.7 Å². The van der Waals surface area contributed by atoms with E-state index in [1.54, 1.807) is 12.1 Å². The van der Waals surface area contributed by atoms with E-state index >= 15 is 0 Å². The van der Waals surface area contributed by atoms with Gasteiger partial charge in [-0.15, -0.1) is 0 Å². The molecule has 1 heterocycles. The van der Waals surface area contributed by atoms with Gasteiger partial charge in [0.05, 0.1) is 0 Å². The Kier molecular flexibility index (Phi) is 4.86. The van der Waals surface area contributed by atoms with Crippen LogP contribution in [0.2, 0.25) is 0 Å². The molecule has 6 nitrogen and oxygen atoms in total.